The van der Waals surface area contributed by atoms with Gasteiger partial charge in [0.2, 0.25) is 0 Å². The molecular formula is C9H11ClN2. The van der Waals surface area contributed by atoms with Gasteiger partial charge in [-0.05, 0) is 31.0 Å². The van der Waals surface area contributed by atoms with Crippen LogP contribution in [-0.4, -0.2) is 11.5 Å². The van der Waals surface area contributed by atoms with E-state index in [1.54, 1.807) is 6.07 Å². The van der Waals surface area contributed by atoms with Crippen molar-refractivity contribution in [2.45, 2.75) is 12.3 Å². The summed E-state index contributed by atoms with van der Waals surface area (Å²) in [6.45, 7) is 0.763. The fourth-order valence-electron chi connectivity index (χ4n) is 1.50. The third-order valence-corrected chi connectivity index (χ3v) is 2.55. The lowest BCUT2D eigenvalue weighted by Crippen LogP contribution is -2.02. The molecule has 2 rings (SSSR count). The van der Waals surface area contributed by atoms with Gasteiger partial charge in [-0.3, -0.25) is 0 Å². The highest BCUT2D eigenvalue weighted by Gasteiger charge is 2.37. The second-order valence-corrected chi connectivity index (χ2v) is 3.61. The van der Waals surface area contributed by atoms with Crippen molar-refractivity contribution in [1.29, 1.82) is 0 Å². The number of pyridine rings is 1. The molecule has 1 aromatic rings. The van der Waals surface area contributed by atoms with Crippen molar-refractivity contribution < 1.29 is 0 Å². The van der Waals surface area contributed by atoms with Crippen molar-refractivity contribution >= 4 is 11.6 Å². The number of halogens is 1. The Kier molecular flexibility index (Phi) is 2.03. The molecule has 2 N–H and O–H groups in total. The third-order valence-electron chi connectivity index (χ3n) is 2.34. The first-order valence-corrected chi connectivity index (χ1v) is 4.51. The maximum atomic E-state index is 5.77. The van der Waals surface area contributed by atoms with Crippen LogP contribution < -0.4 is 5.73 Å². The number of nitrogens with two attached hydrogens (primary N) is 1. The Morgan fingerprint density at radius 1 is 1.58 bits per heavy atom. The summed E-state index contributed by atoms with van der Waals surface area (Å²) in [4.78, 5) is 4.24. The van der Waals surface area contributed by atoms with Crippen LogP contribution >= 0.6 is 11.6 Å². The van der Waals surface area contributed by atoms with Gasteiger partial charge in [0.1, 0.15) is 5.15 Å². The lowest BCUT2D eigenvalue weighted by molar-refractivity contribution is 0.797. The minimum absolute atomic E-state index is 0.564. The molecule has 1 fully saturated rings. The van der Waals surface area contributed by atoms with E-state index in [9.17, 15) is 0 Å². The van der Waals surface area contributed by atoms with Gasteiger partial charge < -0.3 is 5.73 Å². The van der Waals surface area contributed by atoms with Crippen molar-refractivity contribution in [2.75, 3.05) is 6.54 Å². The minimum atomic E-state index is 0.564. The van der Waals surface area contributed by atoms with Crippen LogP contribution in [0.4, 0.5) is 0 Å². The van der Waals surface area contributed by atoms with Gasteiger partial charge in [0.05, 0.1) is 0 Å². The number of nitrogens with zero attached hydrogens (tertiary/aromatic N) is 1. The standard InChI is InChI=1S/C9H11ClN2/c10-9-3-1-2-8(12-9)7-4-6(7)5-11/h1-3,6-7H,4-5,11H2. The molecule has 0 amide bonds. The fourth-order valence-corrected chi connectivity index (χ4v) is 1.67. The SMILES string of the molecule is NCC1CC1c1cccc(Cl)n1. The van der Waals surface area contributed by atoms with Gasteiger partial charge in [0, 0.05) is 11.6 Å². The van der Waals surface area contributed by atoms with Crippen LogP contribution in [0, 0.1) is 5.92 Å². The van der Waals surface area contributed by atoms with Gasteiger partial charge in [0.25, 0.3) is 0 Å². The van der Waals surface area contributed by atoms with E-state index >= 15 is 0 Å². The Labute approximate surface area is 76.7 Å². The van der Waals surface area contributed by atoms with E-state index in [0.29, 0.717) is 17.0 Å². The topological polar surface area (TPSA) is 38.9 Å². The quantitative estimate of drug-likeness (QED) is 0.709. The van der Waals surface area contributed by atoms with Crippen molar-refractivity contribution in [3.8, 4) is 0 Å². The predicted molar refractivity (Wildman–Crippen MR) is 49.1 cm³/mol. The summed E-state index contributed by atoms with van der Waals surface area (Å²) in [6, 6.07) is 5.76. The molecule has 1 aliphatic rings. The van der Waals surface area contributed by atoms with Gasteiger partial charge in [-0.2, -0.15) is 0 Å². The van der Waals surface area contributed by atoms with E-state index in [0.717, 1.165) is 12.2 Å². The van der Waals surface area contributed by atoms with E-state index in [-0.39, 0.29) is 0 Å². The highest BCUT2D eigenvalue weighted by Crippen LogP contribution is 2.45. The van der Waals surface area contributed by atoms with Crippen LogP contribution in [0.3, 0.4) is 0 Å². The molecule has 1 saturated carbocycles. The molecule has 0 aliphatic heterocycles. The molecule has 12 heavy (non-hydrogen) atoms. The zero-order valence-corrected chi connectivity index (χ0v) is 7.46. The Hall–Kier alpha value is -0.600. The number of aromatic nitrogens is 1. The Morgan fingerprint density at radius 2 is 2.42 bits per heavy atom. The normalized spacial score (nSPS) is 27.2. The first kappa shape index (κ1) is 8.02. The monoisotopic (exact) mass is 182 g/mol. The van der Waals surface area contributed by atoms with E-state index in [2.05, 4.69) is 4.98 Å². The lowest BCUT2D eigenvalue weighted by Gasteiger charge is -1.97. The van der Waals surface area contributed by atoms with E-state index in [1.165, 1.54) is 6.42 Å². The second kappa shape index (κ2) is 3.04. The molecule has 1 heterocycles. The lowest BCUT2D eigenvalue weighted by atomic mass is 10.2. The van der Waals surface area contributed by atoms with Crippen LogP contribution in [-0.2, 0) is 0 Å². The highest BCUT2D eigenvalue weighted by molar-refractivity contribution is 6.29. The Bertz CT molecular complexity index is 288. The number of hydrogen-bond donors (Lipinski definition) is 1. The summed E-state index contributed by atoms with van der Waals surface area (Å²) in [7, 11) is 0. The summed E-state index contributed by atoms with van der Waals surface area (Å²) in [5, 5.41) is 0.579. The van der Waals surface area contributed by atoms with Crippen molar-refractivity contribution in [3.05, 3.63) is 29.0 Å². The first-order chi connectivity index (χ1) is 5.81. The minimum Gasteiger partial charge on any atom is -0.330 e. The zero-order chi connectivity index (χ0) is 8.55. The van der Waals surface area contributed by atoms with Gasteiger partial charge >= 0.3 is 0 Å². The average molecular weight is 183 g/mol. The predicted octanol–water partition coefficient (Wildman–Crippen LogP) is 1.80. The summed E-state index contributed by atoms with van der Waals surface area (Å²) in [5.74, 6) is 1.20. The molecule has 0 saturated heterocycles. The summed E-state index contributed by atoms with van der Waals surface area (Å²) >= 11 is 5.77. The van der Waals surface area contributed by atoms with Crippen LogP contribution in [0.15, 0.2) is 18.2 Å². The fraction of sp³-hybridized carbons (Fsp3) is 0.444. The van der Waals surface area contributed by atoms with Gasteiger partial charge in [-0.25, -0.2) is 4.98 Å². The van der Waals surface area contributed by atoms with E-state index in [1.807, 2.05) is 12.1 Å². The first-order valence-electron chi connectivity index (χ1n) is 4.14. The van der Waals surface area contributed by atoms with Gasteiger partial charge in [-0.1, -0.05) is 17.7 Å². The van der Waals surface area contributed by atoms with E-state index < -0.39 is 0 Å². The third kappa shape index (κ3) is 1.45. The second-order valence-electron chi connectivity index (χ2n) is 3.22. The van der Waals surface area contributed by atoms with Gasteiger partial charge in [-0.15, -0.1) is 0 Å². The Morgan fingerprint density at radius 3 is 3.00 bits per heavy atom. The molecule has 1 aromatic heterocycles. The molecule has 0 aromatic carbocycles. The molecule has 0 bridgehead atoms. The maximum absolute atomic E-state index is 5.77. The molecular weight excluding hydrogens is 172 g/mol. The molecule has 2 nitrogen and oxygen atoms in total. The number of rotatable bonds is 2. The molecule has 2 unspecified atom stereocenters. The van der Waals surface area contributed by atoms with Crippen molar-refractivity contribution in [3.63, 3.8) is 0 Å². The molecule has 3 heteroatoms. The van der Waals surface area contributed by atoms with Gasteiger partial charge in [0.15, 0.2) is 0 Å². The van der Waals surface area contributed by atoms with Crippen molar-refractivity contribution in [1.82, 2.24) is 4.98 Å². The number of hydrogen-bond acceptors (Lipinski definition) is 2. The summed E-state index contributed by atoms with van der Waals surface area (Å²) in [5.41, 5.74) is 6.63. The molecule has 1 aliphatic carbocycles. The summed E-state index contributed by atoms with van der Waals surface area (Å²) < 4.78 is 0. The molecule has 64 valence electrons. The van der Waals surface area contributed by atoms with Crippen LogP contribution in [0.5, 0.6) is 0 Å². The molecule has 2 atom stereocenters. The zero-order valence-electron chi connectivity index (χ0n) is 6.70. The van der Waals surface area contributed by atoms with Crippen molar-refractivity contribution in [2.24, 2.45) is 11.7 Å². The smallest absolute Gasteiger partial charge is 0.129 e. The highest BCUT2D eigenvalue weighted by atomic mass is 35.5. The van der Waals surface area contributed by atoms with Crippen LogP contribution in [0.2, 0.25) is 5.15 Å². The molecule has 0 spiro atoms. The Balaban J connectivity index is 2.14. The molecule has 0 radical (unpaired) electrons. The largest absolute Gasteiger partial charge is 0.330 e. The van der Waals surface area contributed by atoms with Crippen LogP contribution in [0.25, 0.3) is 0 Å². The average Bonchev–Trinajstić information content (AvgIpc) is 2.83. The summed E-state index contributed by atoms with van der Waals surface area (Å²) in [6.07, 6.45) is 1.17. The van der Waals surface area contributed by atoms with E-state index in [4.69, 9.17) is 17.3 Å². The maximum Gasteiger partial charge on any atom is 0.129 e. The van der Waals surface area contributed by atoms with Crippen LogP contribution in [0.1, 0.15) is 18.0 Å².